The largest absolute Gasteiger partial charge is 0.381 e. The summed E-state index contributed by atoms with van der Waals surface area (Å²) in [6.45, 7) is 1.67. The Morgan fingerprint density at radius 3 is 2.58 bits per heavy atom. The van der Waals surface area contributed by atoms with Crippen LogP contribution in [-0.4, -0.2) is 41.0 Å². The van der Waals surface area contributed by atoms with Crippen molar-refractivity contribution < 1.29 is 22.9 Å². The Hall–Kier alpha value is -2.58. The van der Waals surface area contributed by atoms with Crippen LogP contribution in [0.3, 0.4) is 0 Å². The molecular formula is C23H27FN2O4S. The smallest absolute Gasteiger partial charge is 0.251 e. The number of nitrogens with one attached hydrogen (secondary N) is 2. The number of ether oxygens (including phenoxy) is 1. The lowest BCUT2D eigenvalue weighted by Crippen LogP contribution is -2.25. The summed E-state index contributed by atoms with van der Waals surface area (Å²) >= 11 is 0. The van der Waals surface area contributed by atoms with Crippen LogP contribution in [0.15, 0.2) is 48.5 Å². The van der Waals surface area contributed by atoms with Crippen molar-refractivity contribution in [3.63, 3.8) is 0 Å². The highest BCUT2D eigenvalue weighted by Crippen LogP contribution is 2.19. The molecule has 0 radical (unpaired) electrons. The van der Waals surface area contributed by atoms with Crippen LogP contribution in [0.25, 0.3) is 0 Å². The molecule has 6 nitrogen and oxygen atoms in total. The van der Waals surface area contributed by atoms with Crippen LogP contribution in [-0.2, 0) is 26.1 Å². The van der Waals surface area contributed by atoms with E-state index in [-0.39, 0.29) is 23.5 Å². The maximum atomic E-state index is 12.9. The van der Waals surface area contributed by atoms with E-state index in [9.17, 15) is 18.2 Å². The van der Waals surface area contributed by atoms with E-state index in [1.54, 1.807) is 6.07 Å². The zero-order valence-electron chi connectivity index (χ0n) is 17.3. The van der Waals surface area contributed by atoms with E-state index in [0.29, 0.717) is 43.2 Å². The summed E-state index contributed by atoms with van der Waals surface area (Å²) in [5.41, 5.74) is 1.97. The molecule has 0 bridgehead atoms. The van der Waals surface area contributed by atoms with E-state index >= 15 is 0 Å². The monoisotopic (exact) mass is 446 g/mol. The van der Waals surface area contributed by atoms with E-state index in [4.69, 9.17) is 4.74 Å². The topological polar surface area (TPSA) is 84.5 Å². The molecule has 2 aromatic carbocycles. The van der Waals surface area contributed by atoms with Crippen molar-refractivity contribution in [3.05, 3.63) is 65.5 Å². The molecule has 0 aromatic heterocycles. The van der Waals surface area contributed by atoms with Crippen LogP contribution >= 0.6 is 0 Å². The summed E-state index contributed by atoms with van der Waals surface area (Å²) in [5, 5.41) is 5.73. The highest BCUT2D eigenvalue weighted by Gasteiger charge is 2.20. The standard InChI is InChI=1S/C23H27FN2O4S/c24-19-8-6-18(7-9-19)23(28)25-12-2-5-22(27)26-20-4-1-3-17(15-20)16-31(29)21-10-13-30-14-11-21/h1,3-4,6-9,15,21H,2,5,10-14,16H2,(H,25,28)(H,26,27). The Morgan fingerprint density at radius 1 is 1.10 bits per heavy atom. The SMILES string of the molecule is O=C(CCCNC(=O)c1ccc(F)cc1)Nc1cccc(CS(=O)C2CCOCC2)c1. The lowest BCUT2D eigenvalue weighted by atomic mass is 10.2. The highest BCUT2D eigenvalue weighted by atomic mass is 32.2. The average Bonchev–Trinajstić information content (AvgIpc) is 2.78. The Bertz CT molecular complexity index is 914. The Balaban J connectivity index is 1.40. The molecule has 1 aliphatic rings. The molecule has 2 N–H and O–H groups in total. The van der Waals surface area contributed by atoms with Gasteiger partial charge in [0.25, 0.3) is 5.91 Å². The molecule has 0 aliphatic carbocycles. The zero-order chi connectivity index (χ0) is 22.1. The molecule has 0 spiro atoms. The minimum absolute atomic E-state index is 0.154. The molecule has 31 heavy (non-hydrogen) atoms. The van der Waals surface area contributed by atoms with Crippen molar-refractivity contribution in [2.75, 3.05) is 25.1 Å². The van der Waals surface area contributed by atoms with Crippen LogP contribution in [0.1, 0.15) is 41.6 Å². The second kappa shape index (κ2) is 11.7. The van der Waals surface area contributed by atoms with Crippen LogP contribution in [0.5, 0.6) is 0 Å². The minimum atomic E-state index is -0.960. The summed E-state index contributed by atoms with van der Waals surface area (Å²) in [6.07, 6.45) is 2.37. The van der Waals surface area contributed by atoms with Crippen LogP contribution in [0.4, 0.5) is 10.1 Å². The third-order valence-electron chi connectivity index (χ3n) is 5.03. The number of rotatable bonds is 9. The number of hydrogen-bond acceptors (Lipinski definition) is 4. The zero-order valence-corrected chi connectivity index (χ0v) is 18.1. The van der Waals surface area contributed by atoms with E-state index in [2.05, 4.69) is 10.6 Å². The molecule has 1 fully saturated rings. The highest BCUT2D eigenvalue weighted by molar-refractivity contribution is 7.84. The number of hydrogen-bond donors (Lipinski definition) is 2. The average molecular weight is 447 g/mol. The van der Waals surface area contributed by atoms with Gasteiger partial charge in [-0.05, 0) is 61.2 Å². The summed E-state index contributed by atoms with van der Waals surface area (Å²) in [5.74, 6) is -0.388. The number of anilines is 1. The van der Waals surface area contributed by atoms with Gasteiger partial charge in [0.15, 0.2) is 0 Å². The van der Waals surface area contributed by atoms with Crippen molar-refractivity contribution in [1.29, 1.82) is 0 Å². The molecule has 1 aliphatic heterocycles. The van der Waals surface area contributed by atoms with Crippen molar-refractivity contribution in [3.8, 4) is 0 Å². The molecule has 2 amide bonds. The minimum Gasteiger partial charge on any atom is -0.381 e. The van der Waals surface area contributed by atoms with Gasteiger partial charge in [-0.15, -0.1) is 0 Å². The first-order valence-corrected chi connectivity index (χ1v) is 11.8. The van der Waals surface area contributed by atoms with Gasteiger partial charge >= 0.3 is 0 Å². The van der Waals surface area contributed by atoms with Crippen molar-refractivity contribution in [1.82, 2.24) is 5.32 Å². The number of carbonyl (C=O) groups is 2. The quantitative estimate of drug-likeness (QED) is 0.578. The van der Waals surface area contributed by atoms with E-state index in [1.807, 2.05) is 18.2 Å². The Kier molecular flexibility index (Phi) is 8.73. The third-order valence-corrected chi connectivity index (χ3v) is 6.87. The maximum absolute atomic E-state index is 12.9. The molecule has 1 atom stereocenters. The fourth-order valence-electron chi connectivity index (χ4n) is 3.34. The lowest BCUT2D eigenvalue weighted by molar-refractivity contribution is -0.116. The molecule has 3 rings (SSSR count). The van der Waals surface area contributed by atoms with Gasteiger partial charge in [-0.3, -0.25) is 13.8 Å². The van der Waals surface area contributed by atoms with Crippen molar-refractivity contribution in [2.24, 2.45) is 0 Å². The van der Waals surface area contributed by atoms with Gasteiger partial charge in [0.1, 0.15) is 5.82 Å². The van der Waals surface area contributed by atoms with E-state index in [1.165, 1.54) is 24.3 Å². The van der Waals surface area contributed by atoms with Gasteiger partial charge in [-0.25, -0.2) is 4.39 Å². The first-order chi connectivity index (χ1) is 15.0. The van der Waals surface area contributed by atoms with E-state index in [0.717, 1.165) is 18.4 Å². The second-order valence-corrected chi connectivity index (χ2v) is 9.17. The fraction of sp³-hybridized carbons (Fsp3) is 0.391. The van der Waals surface area contributed by atoms with Crippen molar-refractivity contribution >= 4 is 28.3 Å². The number of halogens is 1. The van der Waals surface area contributed by atoms with Gasteiger partial charge < -0.3 is 15.4 Å². The summed E-state index contributed by atoms with van der Waals surface area (Å²) in [4.78, 5) is 24.2. The third kappa shape index (κ3) is 7.56. The molecular weight excluding hydrogens is 419 g/mol. The van der Waals surface area contributed by atoms with Gasteiger partial charge in [-0.1, -0.05) is 12.1 Å². The molecule has 0 saturated carbocycles. The fourth-order valence-corrected chi connectivity index (χ4v) is 4.80. The van der Waals surface area contributed by atoms with Gasteiger partial charge in [-0.2, -0.15) is 0 Å². The molecule has 2 aromatic rings. The normalized spacial score (nSPS) is 15.3. The van der Waals surface area contributed by atoms with Crippen LogP contribution in [0.2, 0.25) is 0 Å². The first kappa shape index (κ1) is 23.1. The maximum Gasteiger partial charge on any atom is 0.251 e. The van der Waals surface area contributed by atoms with E-state index < -0.39 is 16.6 Å². The Morgan fingerprint density at radius 2 is 1.84 bits per heavy atom. The Labute approximate surface area is 184 Å². The summed E-state index contributed by atoms with van der Waals surface area (Å²) in [6, 6.07) is 12.7. The van der Waals surface area contributed by atoms with Gasteiger partial charge in [0.05, 0.1) is 0 Å². The molecule has 166 valence electrons. The predicted octanol–water partition coefficient (Wildman–Crippen LogP) is 3.40. The first-order valence-electron chi connectivity index (χ1n) is 10.4. The predicted molar refractivity (Wildman–Crippen MR) is 119 cm³/mol. The summed E-state index contributed by atoms with van der Waals surface area (Å²) in [7, 11) is -0.960. The van der Waals surface area contributed by atoms with Crippen molar-refractivity contribution in [2.45, 2.75) is 36.7 Å². The number of amides is 2. The van der Waals surface area contributed by atoms with Gasteiger partial charge in [0.2, 0.25) is 5.91 Å². The van der Waals surface area contributed by atoms with Crippen LogP contribution in [0, 0.1) is 5.82 Å². The number of benzene rings is 2. The molecule has 1 heterocycles. The second-order valence-electron chi connectivity index (χ2n) is 7.45. The lowest BCUT2D eigenvalue weighted by Gasteiger charge is -2.21. The number of carbonyl (C=O) groups excluding carboxylic acids is 2. The molecule has 1 saturated heterocycles. The molecule has 1 unspecified atom stereocenters. The van der Waals surface area contributed by atoms with Crippen LogP contribution < -0.4 is 10.6 Å². The summed E-state index contributed by atoms with van der Waals surface area (Å²) < 4.78 is 30.8. The molecule has 8 heteroatoms. The van der Waals surface area contributed by atoms with Gasteiger partial charge in [0, 0.05) is 59.2 Å².